The van der Waals surface area contributed by atoms with Crippen molar-refractivity contribution in [3.05, 3.63) is 122 Å². The first-order chi connectivity index (χ1) is 40.2. The Bertz CT molecular complexity index is 1840. The number of aliphatic hydroxyl groups is 1. The van der Waals surface area contributed by atoms with Crippen LogP contribution in [0.5, 0.6) is 0 Å². The van der Waals surface area contributed by atoms with Crippen molar-refractivity contribution >= 4 is 25.7 Å². The third kappa shape index (κ3) is 60.5. The molecule has 0 aromatic carbocycles. The van der Waals surface area contributed by atoms with Gasteiger partial charge in [0.25, 0.3) is 0 Å². The van der Waals surface area contributed by atoms with Gasteiger partial charge in [0.05, 0.1) is 19.8 Å². The van der Waals surface area contributed by atoms with Crippen LogP contribution >= 0.6 is 7.82 Å². The van der Waals surface area contributed by atoms with Crippen molar-refractivity contribution in [2.24, 2.45) is 0 Å². The first kappa shape index (κ1) is 77.9. The number of hydrogen-bond donors (Lipinski definition) is 2. The maximum absolute atomic E-state index is 13.0. The van der Waals surface area contributed by atoms with Gasteiger partial charge in [0.2, 0.25) is 0 Å². The number of phosphoric ester groups is 1. The highest BCUT2D eigenvalue weighted by atomic mass is 31.2. The smallest absolute Gasteiger partial charge is 0.462 e. The number of hydrogen-bond acceptors (Lipinski definition) is 10. The average Bonchev–Trinajstić information content (AvgIpc) is 3.50. The van der Waals surface area contributed by atoms with Gasteiger partial charge in [0.1, 0.15) is 12.7 Å². The fourth-order valence-electron chi connectivity index (χ4n) is 8.55. The quantitative estimate of drug-likeness (QED) is 0.0197. The van der Waals surface area contributed by atoms with E-state index in [4.69, 9.17) is 23.3 Å². The Morgan fingerprint density at radius 3 is 1.05 bits per heavy atom. The Kier molecular flexibility index (Phi) is 59.8. The van der Waals surface area contributed by atoms with E-state index in [2.05, 4.69) is 130 Å². The minimum Gasteiger partial charge on any atom is -0.462 e. The van der Waals surface area contributed by atoms with E-state index in [1.54, 1.807) is 0 Å². The summed E-state index contributed by atoms with van der Waals surface area (Å²) < 4.78 is 39.6. The summed E-state index contributed by atoms with van der Waals surface area (Å²) in [7, 11) is -4.79. The van der Waals surface area contributed by atoms with Crippen molar-refractivity contribution in [3.8, 4) is 0 Å². The highest BCUT2D eigenvalue weighted by Crippen LogP contribution is 2.43. The molecule has 3 unspecified atom stereocenters. The average molecular weight is 1170 g/mol. The predicted octanol–water partition coefficient (Wildman–Crippen LogP) is 19.9. The molecule has 0 spiro atoms. The van der Waals surface area contributed by atoms with E-state index in [-0.39, 0.29) is 25.9 Å². The van der Waals surface area contributed by atoms with Crippen LogP contribution in [-0.4, -0.2) is 66.5 Å². The number of rotatable bonds is 59. The lowest BCUT2D eigenvalue weighted by atomic mass is 10.0. The molecule has 0 saturated heterocycles. The van der Waals surface area contributed by atoms with Gasteiger partial charge in [-0.05, 0) is 96.3 Å². The van der Waals surface area contributed by atoms with Crippen LogP contribution in [0.3, 0.4) is 0 Å². The van der Waals surface area contributed by atoms with E-state index in [0.717, 1.165) is 103 Å². The molecule has 0 aliphatic carbocycles. The summed E-state index contributed by atoms with van der Waals surface area (Å²) in [5.41, 5.74) is 0. The molecular formula is C70H117O11P. The largest absolute Gasteiger partial charge is 0.472 e. The van der Waals surface area contributed by atoms with Gasteiger partial charge in [-0.3, -0.25) is 23.4 Å². The molecule has 0 saturated carbocycles. The molecule has 0 radical (unpaired) electrons. The van der Waals surface area contributed by atoms with Crippen molar-refractivity contribution in [1.29, 1.82) is 0 Å². The topological polar surface area (TPSA) is 155 Å². The Hall–Kier alpha value is -4.12. The van der Waals surface area contributed by atoms with Gasteiger partial charge >= 0.3 is 25.7 Å². The molecule has 0 rings (SSSR count). The SMILES string of the molecule is CC/C=C\C/C=C\C/C=C\C/C=C\C/C=C\C/C=C\CCC(=O)OC(COC(=O)CCCCCC/C=C\C/C=C\C/C=C\C/C=C\CC)COP(=O)(O)OCC(CO)OC(=O)CCCCCCCCCCCCCCCCCCCCC. The Labute approximate surface area is 500 Å². The van der Waals surface area contributed by atoms with Gasteiger partial charge in [0.15, 0.2) is 6.10 Å². The minimum atomic E-state index is -4.79. The molecule has 0 aliphatic heterocycles. The van der Waals surface area contributed by atoms with Crippen molar-refractivity contribution < 1.29 is 52.2 Å². The summed E-state index contributed by atoms with van der Waals surface area (Å²) in [4.78, 5) is 48.7. The number of unbranched alkanes of at least 4 members (excludes halogenated alkanes) is 22. The Morgan fingerprint density at radius 1 is 0.354 bits per heavy atom. The van der Waals surface area contributed by atoms with Gasteiger partial charge in [-0.15, -0.1) is 0 Å². The number of ether oxygens (including phenoxy) is 3. The van der Waals surface area contributed by atoms with Crippen LogP contribution in [-0.2, 0) is 42.2 Å². The van der Waals surface area contributed by atoms with Crippen LogP contribution < -0.4 is 0 Å². The van der Waals surface area contributed by atoms with Crippen molar-refractivity contribution in [2.75, 3.05) is 26.4 Å². The number of carbonyl (C=O) groups is 3. The first-order valence-corrected chi connectivity index (χ1v) is 33.9. The van der Waals surface area contributed by atoms with Crippen LogP contribution in [0.25, 0.3) is 0 Å². The number of carbonyl (C=O) groups excluding carboxylic acids is 3. The zero-order valence-electron chi connectivity index (χ0n) is 51.9. The predicted molar refractivity (Wildman–Crippen MR) is 343 cm³/mol. The molecule has 0 aromatic heterocycles. The van der Waals surface area contributed by atoms with E-state index in [0.29, 0.717) is 25.7 Å². The second kappa shape index (κ2) is 62.9. The van der Waals surface area contributed by atoms with Gasteiger partial charge in [-0.2, -0.15) is 0 Å². The molecule has 0 aromatic rings. The zero-order chi connectivity index (χ0) is 59.8. The molecule has 468 valence electrons. The van der Waals surface area contributed by atoms with Crippen molar-refractivity contribution in [3.63, 3.8) is 0 Å². The summed E-state index contributed by atoms with van der Waals surface area (Å²) in [6, 6.07) is 0. The molecular weight excluding hydrogens is 1050 g/mol. The van der Waals surface area contributed by atoms with Crippen LogP contribution in [0.1, 0.15) is 265 Å². The molecule has 3 atom stereocenters. The molecule has 0 amide bonds. The summed E-state index contributed by atoms with van der Waals surface area (Å²) in [5, 5.41) is 9.86. The lowest BCUT2D eigenvalue weighted by Gasteiger charge is -2.21. The Morgan fingerprint density at radius 2 is 0.659 bits per heavy atom. The number of aliphatic hydroxyl groups excluding tert-OH is 1. The standard InChI is InChI=1S/C70H117O11P/c1-4-7-10-13-16-19-22-25-28-31-33-36-39-42-45-48-51-54-57-60-69(73)80-66(62-71)64-78-82(75,76)79-65-67(63-77-68(72)59-56-53-50-47-44-41-38-35-30-27-24-21-18-15-12-9-6-3)81-70(74)61-58-55-52-49-46-43-40-37-34-32-29-26-23-20-17-14-11-8-5-2/h8-9,11-12,17-18,20-21,26-27,29-30,34,37-38,41,43,46,52,55,66-67,71H,4-7,10,13-16,19,22-25,28,31-33,35-36,39-40,42,44-45,47-51,53-54,56-65H2,1-3H3,(H,75,76)/b11-8-,12-9-,20-17-,21-18-,29-26-,30-27-,37-34-,41-38-,46-43-,55-52-. The van der Waals surface area contributed by atoms with Gasteiger partial charge in [-0.1, -0.05) is 271 Å². The van der Waals surface area contributed by atoms with E-state index >= 15 is 0 Å². The van der Waals surface area contributed by atoms with Gasteiger partial charge in [0, 0.05) is 19.3 Å². The highest BCUT2D eigenvalue weighted by Gasteiger charge is 2.28. The Balaban J connectivity index is 4.81. The maximum Gasteiger partial charge on any atom is 0.472 e. The first-order valence-electron chi connectivity index (χ1n) is 32.4. The maximum atomic E-state index is 13.0. The highest BCUT2D eigenvalue weighted by molar-refractivity contribution is 7.47. The lowest BCUT2D eigenvalue weighted by Crippen LogP contribution is -2.30. The monoisotopic (exact) mass is 1160 g/mol. The summed E-state index contributed by atoms with van der Waals surface area (Å²) >= 11 is 0. The third-order valence-corrected chi connectivity index (χ3v) is 14.3. The van der Waals surface area contributed by atoms with Crippen molar-refractivity contribution in [2.45, 2.75) is 277 Å². The summed E-state index contributed by atoms with van der Waals surface area (Å²) in [6.45, 7) is 4.33. The van der Waals surface area contributed by atoms with Crippen LogP contribution in [0.15, 0.2) is 122 Å². The van der Waals surface area contributed by atoms with Crippen LogP contribution in [0.2, 0.25) is 0 Å². The number of esters is 3. The fourth-order valence-corrected chi connectivity index (χ4v) is 9.33. The molecule has 0 aliphatic rings. The van der Waals surface area contributed by atoms with E-state index < -0.39 is 57.8 Å². The second-order valence-corrected chi connectivity index (χ2v) is 22.6. The van der Waals surface area contributed by atoms with E-state index in [9.17, 15) is 28.9 Å². The van der Waals surface area contributed by atoms with Crippen molar-refractivity contribution in [1.82, 2.24) is 0 Å². The third-order valence-electron chi connectivity index (χ3n) is 13.4. The van der Waals surface area contributed by atoms with Gasteiger partial charge < -0.3 is 24.2 Å². The summed E-state index contributed by atoms with van der Waals surface area (Å²) in [6.07, 6.45) is 78.8. The lowest BCUT2D eigenvalue weighted by molar-refractivity contribution is -0.161. The molecule has 11 nitrogen and oxygen atoms in total. The number of phosphoric acid groups is 1. The molecule has 12 heteroatoms. The van der Waals surface area contributed by atoms with Gasteiger partial charge in [-0.25, -0.2) is 4.57 Å². The van der Waals surface area contributed by atoms with Crippen LogP contribution in [0.4, 0.5) is 0 Å². The number of allylic oxidation sites excluding steroid dienone is 20. The molecule has 0 heterocycles. The second-order valence-electron chi connectivity index (χ2n) is 21.2. The fraction of sp³-hybridized carbons (Fsp3) is 0.671. The molecule has 0 fully saturated rings. The molecule has 2 N–H and O–H groups in total. The van der Waals surface area contributed by atoms with E-state index in [1.165, 1.54) is 96.3 Å². The zero-order valence-corrected chi connectivity index (χ0v) is 52.8. The summed E-state index contributed by atoms with van der Waals surface area (Å²) in [5.74, 6) is -1.60. The van der Waals surface area contributed by atoms with Crippen LogP contribution in [0, 0.1) is 0 Å². The normalized spacial score (nSPS) is 14.1. The minimum absolute atomic E-state index is 0.0316. The molecule has 82 heavy (non-hydrogen) atoms. The molecule has 0 bridgehead atoms. The van der Waals surface area contributed by atoms with E-state index in [1.807, 2.05) is 12.2 Å².